The molecule has 0 fully saturated rings. The zero-order valence-corrected chi connectivity index (χ0v) is 20.5. The maximum Gasteiger partial charge on any atom is 0.252 e. The van der Waals surface area contributed by atoms with Crippen molar-refractivity contribution in [3.05, 3.63) is 118 Å². The summed E-state index contributed by atoms with van der Waals surface area (Å²) in [5.41, 5.74) is 4.80. The van der Waals surface area contributed by atoms with Gasteiger partial charge in [-0.3, -0.25) is 14.7 Å². The average molecular weight is 480 g/mol. The van der Waals surface area contributed by atoms with Gasteiger partial charge in [0, 0.05) is 36.6 Å². The molecule has 8 heteroatoms. The number of rotatable bonds is 9. The number of aromatic amines is 1. The van der Waals surface area contributed by atoms with Gasteiger partial charge in [0.05, 0.1) is 12.6 Å². The molecule has 2 aromatic carbocycles. The van der Waals surface area contributed by atoms with Gasteiger partial charge in [0.1, 0.15) is 0 Å². The first kappa shape index (κ1) is 23.6. The molecule has 3 heterocycles. The number of pyridine rings is 2. The van der Waals surface area contributed by atoms with Crippen molar-refractivity contribution in [2.45, 2.75) is 45.9 Å². The molecule has 8 nitrogen and oxygen atoms in total. The van der Waals surface area contributed by atoms with Crippen LogP contribution in [0.2, 0.25) is 0 Å². The average Bonchev–Trinajstić information content (AvgIpc) is 3.34. The van der Waals surface area contributed by atoms with Gasteiger partial charge < -0.3 is 4.98 Å². The largest absolute Gasteiger partial charge is 0.322 e. The third-order valence-corrected chi connectivity index (χ3v) is 6.42. The second kappa shape index (κ2) is 10.6. The van der Waals surface area contributed by atoms with Gasteiger partial charge in [-0.1, -0.05) is 55.0 Å². The summed E-state index contributed by atoms with van der Waals surface area (Å²) in [5.74, 6) is 0.776. The number of hydrogen-bond donors (Lipinski definition) is 1. The van der Waals surface area contributed by atoms with Crippen LogP contribution in [0.4, 0.5) is 0 Å². The van der Waals surface area contributed by atoms with Gasteiger partial charge in [-0.25, -0.2) is 4.68 Å². The molecule has 0 spiro atoms. The summed E-state index contributed by atoms with van der Waals surface area (Å²) < 4.78 is 1.85. The fourth-order valence-electron chi connectivity index (χ4n) is 4.63. The molecule has 0 aliphatic heterocycles. The van der Waals surface area contributed by atoms with Crippen LogP contribution in [0.1, 0.15) is 47.5 Å². The molecule has 1 atom stereocenters. The van der Waals surface area contributed by atoms with E-state index in [0.717, 1.165) is 39.8 Å². The minimum atomic E-state index is -0.100. The van der Waals surface area contributed by atoms with Crippen LogP contribution in [0, 0.1) is 6.92 Å². The van der Waals surface area contributed by atoms with Crippen LogP contribution in [0.5, 0.6) is 0 Å². The molecule has 3 aromatic heterocycles. The van der Waals surface area contributed by atoms with Gasteiger partial charge in [-0.05, 0) is 64.5 Å². The number of aromatic nitrogens is 6. The summed E-state index contributed by atoms with van der Waals surface area (Å²) >= 11 is 0. The minimum absolute atomic E-state index is 0.0822. The number of nitrogens with one attached hydrogen (secondary N) is 1. The van der Waals surface area contributed by atoms with E-state index in [1.807, 2.05) is 59.4 Å². The lowest BCUT2D eigenvalue weighted by molar-refractivity contribution is 0.161. The second-order valence-corrected chi connectivity index (χ2v) is 9.09. The molecule has 0 saturated carbocycles. The summed E-state index contributed by atoms with van der Waals surface area (Å²) in [6.45, 7) is 5.81. The molecule has 0 aliphatic carbocycles. The number of fused-ring (bicyclic) bond motifs is 1. The van der Waals surface area contributed by atoms with Gasteiger partial charge in [0.25, 0.3) is 5.56 Å². The first-order valence-corrected chi connectivity index (χ1v) is 12.2. The Kier molecular flexibility index (Phi) is 6.95. The van der Waals surface area contributed by atoms with E-state index in [4.69, 9.17) is 0 Å². The maximum atomic E-state index is 13.1. The number of H-pyrrole nitrogens is 1. The molecule has 1 N–H and O–H groups in total. The Bertz CT molecular complexity index is 1500. The fourth-order valence-corrected chi connectivity index (χ4v) is 4.63. The topological polar surface area (TPSA) is 92.6 Å². The fraction of sp³-hybridized carbons (Fsp3) is 0.250. The van der Waals surface area contributed by atoms with Gasteiger partial charge >= 0.3 is 0 Å². The van der Waals surface area contributed by atoms with E-state index in [1.165, 1.54) is 0 Å². The third-order valence-electron chi connectivity index (χ3n) is 6.42. The Morgan fingerprint density at radius 3 is 2.61 bits per heavy atom. The van der Waals surface area contributed by atoms with Crippen molar-refractivity contribution in [3.8, 4) is 0 Å². The Balaban J connectivity index is 1.52. The normalized spacial score (nSPS) is 12.3. The summed E-state index contributed by atoms with van der Waals surface area (Å²) in [6, 6.07) is 22.1. The van der Waals surface area contributed by atoms with E-state index in [-0.39, 0.29) is 11.6 Å². The zero-order valence-electron chi connectivity index (χ0n) is 20.5. The van der Waals surface area contributed by atoms with E-state index in [1.54, 1.807) is 6.20 Å². The summed E-state index contributed by atoms with van der Waals surface area (Å²) in [5, 5.41) is 13.8. The number of aryl methyl sites for hydroxylation is 1. The van der Waals surface area contributed by atoms with E-state index < -0.39 is 0 Å². The van der Waals surface area contributed by atoms with Crippen molar-refractivity contribution in [3.63, 3.8) is 0 Å². The molecular formula is C28H29N7O. The molecule has 36 heavy (non-hydrogen) atoms. The van der Waals surface area contributed by atoms with E-state index >= 15 is 0 Å². The van der Waals surface area contributed by atoms with E-state index in [0.29, 0.717) is 25.2 Å². The predicted octanol–water partition coefficient (Wildman–Crippen LogP) is 4.42. The smallest absolute Gasteiger partial charge is 0.252 e. The van der Waals surface area contributed by atoms with Crippen molar-refractivity contribution in [1.82, 2.24) is 35.1 Å². The lowest BCUT2D eigenvalue weighted by atomic mass is 10.1. The van der Waals surface area contributed by atoms with Gasteiger partial charge in [-0.15, -0.1) is 5.10 Å². The lowest BCUT2D eigenvalue weighted by Gasteiger charge is -2.30. The monoisotopic (exact) mass is 479 g/mol. The molecule has 5 aromatic rings. The highest BCUT2D eigenvalue weighted by Gasteiger charge is 2.26. The number of hydrogen-bond acceptors (Lipinski definition) is 6. The van der Waals surface area contributed by atoms with Crippen LogP contribution in [-0.4, -0.2) is 35.1 Å². The molecule has 0 radical (unpaired) electrons. The van der Waals surface area contributed by atoms with Crippen molar-refractivity contribution in [2.75, 3.05) is 0 Å². The van der Waals surface area contributed by atoms with Crippen LogP contribution >= 0.6 is 0 Å². The van der Waals surface area contributed by atoms with Crippen LogP contribution in [0.15, 0.2) is 83.9 Å². The number of tetrazole rings is 1. The molecule has 0 bridgehead atoms. The van der Waals surface area contributed by atoms with Gasteiger partial charge in [0.15, 0.2) is 5.82 Å². The van der Waals surface area contributed by atoms with Crippen molar-refractivity contribution in [2.24, 2.45) is 0 Å². The number of benzene rings is 2. The zero-order chi connectivity index (χ0) is 24.9. The second-order valence-electron chi connectivity index (χ2n) is 9.09. The summed E-state index contributed by atoms with van der Waals surface area (Å²) in [7, 11) is 0. The van der Waals surface area contributed by atoms with Crippen LogP contribution < -0.4 is 5.56 Å². The highest BCUT2D eigenvalue weighted by molar-refractivity contribution is 5.79. The van der Waals surface area contributed by atoms with Crippen molar-refractivity contribution >= 4 is 10.9 Å². The Morgan fingerprint density at radius 2 is 1.83 bits per heavy atom. The summed E-state index contributed by atoms with van der Waals surface area (Å²) in [6.07, 6.45) is 4.41. The van der Waals surface area contributed by atoms with E-state index in [2.05, 4.69) is 62.4 Å². The SMILES string of the molecule is CC[C@H](c1nnnn1Cc1ccccc1)N(Cc1cccnc1)Cc1cc2cc(C)ccc2[nH]c1=O. The minimum Gasteiger partial charge on any atom is -0.322 e. The molecular weight excluding hydrogens is 450 g/mol. The predicted molar refractivity (Wildman–Crippen MR) is 139 cm³/mol. The molecule has 0 aliphatic rings. The first-order chi connectivity index (χ1) is 17.6. The molecule has 5 rings (SSSR count). The summed E-state index contributed by atoms with van der Waals surface area (Å²) in [4.78, 5) is 22.7. The van der Waals surface area contributed by atoms with Crippen molar-refractivity contribution in [1.29, 1.82) is 0 Å². The van der Waals surface area contributed by atoms with Crippen LogP contribution in [0.25, 0.3) is 10.9 Å². The molecule has 182 valence electrons. The Hall–Kier alpha value is -4.17. The standard InChI is InChI=1S/C28H29N7O/c1-3-26(27-31-32-33-35(27)18-21-8-5-4-6-9-21)34(17-22-10-7-13-29-16-22)19-24-15-23-14-20(2)11-12-25(23)30-28(24)36/h4-16,26H,3,17-19H2,1-2H3,(H,30,36)/t26-/m1/s1. The number of nitrogens with zero attached hydrogens (tertiary/aromatic N) is 6. The van der Waals surface area contributed by atoms with E-state index in [9.17, 15) is 4.79 Å². The quantitative estimate of drug-likeness (QED) is 0.336. The Labute approximate surface area is 209 Å². The third kappa shape index (κ3) is 5.23. The van der Waals surface area contributed by atoms with Crippen molar-refractivity contribution < 1.29 is 0 Å². The highest BCUT2D eigenvalue weighted by atomic mass is 16.1. The molecule has 0 unspecified atom stereocenters. The lowest BCUT2D eigenvalue weighted by Crippen LogP contribution is -2.32. The van der Waals surface area contributed by atoms with Gasteiger partial charge in [0.2, 0.25) is 0 Å². The first-order valence-electron chi connectivity index (χ1n) is 12.2. The van der Waals surface area contributed by atoms with Crippen LogP contribution in [0.3, 0.4) is 0 Å². The maximum absolute atomic E-state index is 13.1. The Morgan fingerprint density at radius 1 is 1.00 bits per heavy atom. The molecule has 0 saturated heterocycles. The molecule has 0 amide bonds. The van der Waals surface area contributed by atoms with Crippen LogP contribution in [-0.2, 0) is 19.6 Å². The van der Waals surface area contributed by atoms with Gasteiger partial charge in [-0.2, -0.15) is 0 Å². The highest BCUT2D eigenvalue weighted by Crippen LogP contribution is 2.27.